The van der Waals surface area contributed by atoms with E-state index < -0.39 is 23.3 Å². The van der Waals surface area contributed by atoms with Crippen molar-refractivity contribution < 1.29 is 18.0 Å². The van der Waals surface area contributed by atoms with Gasteiger partial charge < -0.3 is 9.88 Å². The number of halogens is 4. The van der Waals surface area contributed by atoms with Crippen LogP contribution >= 0.6 is 11.6 Å². The number of aryl methyl sites for hydroxylation is 3. The van der Waals surface area contributed by atoms with E-state index in [1.165, 1.54) is 28.8 Å². The number of benzene rings is 2. The maximum absolute atomic E-state index is 14.1. The third-order valence-corrected chi connectivity index (χ3v) is 6.64. The van der Waals surface area contributed by atoms with Gasteiger partial charge in [-0.3, -0.25) is 14.6 Å². The van der Waals surface area contributed by atoms with Gasteiger partial charge in [-0.2, -0.15) is 18.3 Å². The molecule has 0 saturated carbocycles. The molecule has 11 heteroatoms. The van der Waals surface area contributed by atoms with Crippen LogP contribution in [0.1, 0.15) is 27.3 Å². The summed E-state index contributed by atoms with van der Waals surface area (Å²) >= 11 is 5.86. The molecule has 0 atom stereocenters. The zero-order chi connectivity index (χ0) is 28.1. The number of anilines is 1. The maximum Gasteiger partial charge on any atom is 0.434 e. The second kappa shape index (κ2) is 9.70. The first-order chi connectivity index (χ1) is 18.4. The van der Waals surface area contributed by atoms with Gasteiger partial charge in [0.2, 0.25) is 0 Å². The lowest BCUT2D eigenvalue weighted by atomic mass is 9.99. The van der Waals surface area contributed by atoms with Crippen molar-refractivity contribution in [2.75, 3.05) is 5.32 Å². The smallest absolute Gasteiger partial charge is 0.322 e. The molecule has 3 heterocycles. The molecule has 1 amide bonds. The van der Waals surface area contributed by atoms with Crippen molar-refractivity contribution in [2.45, 2.75) is 20.0 Å². The minimum Gasteiger partial charge on any atom is -0.322 e. The summed E-state index contributed by atoms with van der Waals surface area (Å²) in [5.74, 6) is -0.997. The second-order valence-corrected chi connectivity index (χ2v) is 9.52. The Balaban J connectivity index is 1.54. The van der Waals surface area contributed by atoms with Gasteiger partial charge in [0.15, 0.2) is 5.69 Å². The number of hydrogen-bond acceptors (Lipinski definition) is 4. The van der Waals surface area contributed by atoms with E-state index in [1.54, 1.807) is 44.4 Å². The van der Waals surface area contributed by atoms with Crippen molar-refractivity contribution in [3.63, 3.8) is 0 Å². The summed E-state index contributed by atoms with van der Waals surface area (Å²) in [7, 11) is 1.66. The van der Waals surface area contributed by atoms with Crippen molar-refractivity contribution >= 4 is 34.1 Å². The van der Waals surface area contributed by atoms with Crippen LogP contribution in [0.5, 0.6) is 0 Å². The fourth-order valence-electron chi connectivity index (χ4n) is 4.41. The standard InChI is InChI=1S/C28H21ClF3N5O2/c1-15-4-7-19(12-21(15)22-11-17-13-33-16(2)10-24(17)36(3)27(22)39)35-26(38)23-14-34-37(25(23)28(30,31)32)20-8-5-18(29)6-9-20/h4-14H,1-3H3,(H,35,38). The number of hydrogen-bond donors (Lipinski definition) is 1. The number of aromatic nitrogens is 4. The second-order valence-electron chi connectivity index (χ2n) is 9.08. The number of fused-ring (bicyclic) bond motifs is 1. The predicted octanol–water partition coefficient (Wildman–Crippen LogP) is 6.33. The number of nitrogens with zero attached hydrogens (tertiary/aromatic N) is 4. The molecule has 0 saturated heterocycles. The molecule has 2 aromatic carbocycles. The molecule has 0 unspecified atom stereocenters. The third-order valence-electron chi connectivity index (χ3n) is 6.38. The third kappa shape index (κ3) is 4.90. The Bertz CT molecular complexity index is 1810. The van der Waals surface area contributed by atoms with Crippen LogP contribution in [0.2, 0.25) is 5.02 Å². The fourth-order valence-corrected chi connectivity index (χ4v) is 4.54. The predicted molar refractivity (Wildman–Crippen MR) is 143 cm³/mol. The van der Waals surface area contributed by atoms with Gasteiger partial charge in [0.05, 0.1) is 23.0 Å². The quantitative estimate of drug-likeness (QED) is 0.283. The highest BCUT2D eigenvalue weighted by Crippen LogP contribution is 2.34. The van der Waals surface area contributed by atoms with Gasteiger partial charge in [0, 0.05) is 40.6 Å². The summed E-state index contributed by atoms with van der Waals surface area (Å²) in [5.41, 5.74) is 1.32. The molecule has 0 aliphatic rings. The van der Waals surface area contributed by atoms with E-state index in [0.29, 0.717) is 20.8 Å². The lowest BCUT2D eigenvalue weighted by molar-refractivity contribution is -0.143. The van der Waals surface area contributed by atoms with Crippen molar-refractivity contribution in [3.05, 3.63) is 105 Å². The highest BCUT2D eigenvalue weighted by Gasteiger charge is 2.40. The van der Waals surface area contributed by atoms with Crippen molar-refractivity contribution in [2.24, 2.45) is 7.05 Å². The van der Waals surface area contributed by atoms with Crippen molar-refractivity contribution in [3.8, 4) is 16.8 Å². The molecule has 0 radical (unpaired) electrons. The molecule has 39 heavy (non-hydrogen) atoms. The number of rotatable bonds is 4. The van der Waals surface area contributed by atoms with Crippen LogP contribution in [-0.2, 0) is 13.2 Å². The summed E-state index contributed by atoms with van der Waals surface area (Å²) in [5, 5.41) is 7.44. The molecule has 0 aliphatic heterocycles. The molecule has 3 aromatic heterocycles. The SMILES string of the molecule is Cc1cc2c(cn1)cc(-c1cc(NC(=O)c3cnn(-c4ccc(Cl)cc4)c3C(F)(F)F)ccc1C)c(=O)n2C. The number of pyridine rings is 2. The van der Waals surface area contributed by atoms with Gasteiger partial charge in [-0.25, -0.2) is 4.68 Å². The molecule has 5 rings (SSSR count). The largest absolute Gasteiger partial charge is 0.434 e. The van der Waals surface area contributed by atoms with E-state index in [2.05, 4.69) is 15.4 Å². The average Bonchev–Trinajstić information content (AvgIpc) is 3.35. The first-order valence-corrected chi connectivity index (χ1v) is 12.1. The normalized spacial score (nSPS) is 11.7. The lowest BCUT2D eigenvalue weighted by Crippen LogP contribution is -2.21. The van der Waals surface area contributed by atoms with Crippen LogP contribution in [0.15, 0.2) is 71.8 Å². The Morgan fingerprint density at radius 1 is 0.974 bits per heavy atom. The van der Waals surface area contributed by atoms with Gasteiger partial charge in [-0.05, 0) is 73.5 Å². The topological polar surface area (TPSA) is 81.8 Å². The Labute approximate surface area is 225 Å². The fraction of sp³-hybridized carbons (Fsp3) is 0.143. The molecular formula is C28H21ClF3N5O2. The first kappa shape index (κ1) is 26.2. The summed E-state index contributed by atoms with van der Waals surface area (Å²) in [4.78, 5) is 30.6. The van der Waals surface area contributed by atoms with E-state index in [-0.39, 0.29) is 16.9 Å². The Kier molecular flexibility index (Phi) is 6.51. The van der Waals surface area contributed by atoms with E-state index in [9.17, 15) is 22.8 Å². The van der Waals surface area contributed by atoms with Crippen molar-refractivity contribution in [1.29, 1.82) is 0 Å². The monoisotopic (exact) mass is 551 g/mol. The maximum atomic E-state index is 14.1. The Morgan fingerprint density at radius 2 is 1.69 bits per heavy atom. The number of nitrogens with one attached hydrogen (secondary N) is 1. The van der Waals surface area contributed by atoms with E-state index in [0.717, 1.165) is 28.4 Å². The van der Waals surface area contributed by atoms with Crippen LogP contribution in [-0.4, -0.2) is 25.2 Å². The summed E-state index contributed by atoms with van der Waals surface area (Å²) < 4.78 is 44.4. The molecule has 0 aliphatic carbocycles. The first-order valence-electron chi connectivity index (χ1n) is 11.7. The van der Waals surface area contributed by atoms with Gasteiger partial charge >= 0.3 is 6.18 Å². The summed E-state index contributed by atoms with van der Waals surface area (Å²) in [6.07, 6.45) is -2.33. The van der Waals surface area contributed by atoms with Gasteiger partial charge in [-0.1, -0.05) is 17.7 Å². The lowest BCUT2D eigenvalue weighted by Gasteiger charge is -2.14. The van der Waals surface area contributed by atoms with Crippen LogP contribution < -0.4 is 10.9 Å². The van der Waals surface area contributed by atoms with E-state index >= 15 is 0 Å². The molecule has 198 valence electrons. The number of alkyl halides is 3. The number of amides is 1. The molecule has 0 bridgehead atoms. The Morgan fingerprint density at radius 3 is 2.38 bits per heavy atom. The van der Waals surface area contributed by atoms with Gasteiger partial charge in [-0.15, -0.1) is 0 Å². The molecule has 0 fully saturated rings. The highest BCUT2D eigenvalue weighted by molar-refractivity contribution is 6.30. The number of carbonyl (C=O) groups is 1. The molecule has 7 nitrogen and oxygen atoms in total. The summed E-state index contributed by atoms with van der Waals surface area (Å²) in [6.45, 7) is 3.63. The number of carbonyl (C=O) groups excluding carboxylic acids is 1. The van der Waals surface area contributed by atoms with Crippen LogP contribution in [0.4, 0.5) is 18.9 Å². The van der Waals surface area contributed by atoms with E-state index in [1.807, 2.05) is 13.0 Å². The zero-order valence-electron chi connectivity index (χ0n) is 21.0. The van der Waals surface area contributed by atoms with Gasteiger partial charge in [0.1, 0.15) is 0 Å². The van der Waals surface area contributed by atoms with Gasteiger partial charge in [0.25, 0.3) is 11.5 Å². The summed E-state index contributed by atoms with van der Waals surface area (Å²) in [6, 6.07) is 13.9. The van der Waals surface area contributed by atoms with Crippen LogP contribution in [0.25, 0.3) is 27.7 Å². The molecule has 5 aromatic rings. The van der Waals surface area contributed by atoms with Crippen LogP contribution in [0, 0.1) is 13.8 Å². The minimum absolute atomic E-state index is 0.0974. The highest BCUT2D eigenvalue weighted by atomic mass is 35.5. The van der Waals surface area contributed by atoms with Crippen molar-refractivity contribution in [1.82, 2.24) is 19.3 Å². The van der Waals surface area contributed by atoms with Crippen LogP contribution in [0.3, 0.4) is 0 Å². The Hall–Kier alpha value is -4.44. The molecule has 1 N–H and O–H groups in total. The van der Waals surface area contributed by atoms with E-state index in [4.69, 9.17) is 11.6 Å². The minimum atomic E-state index is -4.87. The zero-order valence-corrected chi connectivity index (χ0v) is 21.7. The molecule has 0 spiro atoms. The molecular weight excluding hydrogens is 531 g/mol. The average molecular weight is 552 g/mol.